The van der Waals surface area contributed by atoms with Crippen LogP contribution in [-0.2, 0) is 0 Å². The fraction of sp³-hybridized carbons (Fsp3) is 0. The number of fused-ring (bicyclic) bond motifs is 7. The summed E-state index contributed by atoms with van der Waals surface area (Å²) in [4.78, 5) is 10.3. The van der Waals surface area contributed by atoms with Gasteiger partial charge in [0.25, 0.3) is 0 Å². The second-order valence-corrected chi connectivity index (χ2v) is 16.8. The predicted molar refractivity (Wildman–Crippen MR) is 272 cm³/mol. The molecule has 0 saturated carbocycles. The molecule has 64 heavy (non-hydrogen) atoms. The van der Waals surface area contributed by atoms with Gasteiger partial charge >= 0.3 is 0 Å². The molecule has 0 aliphatic carbocycles. The average molecular weight is 811 g/mol. The van der Waals surface area contributed by atoms with Crippen LogP contribution in [-0.4, -0.2) is 9.97 Å². The highest BCUT2D eigenvalue weighted by atomic mass is 14.8. The molecule has 0 atom stereocenters. The zero-order valence-corrected chi connectivity index (χ0v) is 34.8. The van der Waals surface area contributed by atoms with Crippen molar-refractivity contribution in [3.05, 3.63) is 231 Å². The first-order valence-electron chi connectivity index (χ1n) is 22.0. The Morgan fingerprint density at radius 1 is 0.250 bits per heavy atom. The third kappa shape index (κ3) is 5.66. The Labute approximate surface area is 370 Å². The second-order valence-electron chi connectivity index (χ2n) is 16.8. The molecular formula is C62H38N2. The molecule has 0 aliphatic rings. The van der Waals surface area contributed by atoms with Crippen LogP contribution in [0.1, 0.15) is 0 Å². The molecule has 0 spiro atoms. The highest BCUT2D eigenvalue weighted by molar-refractivity contribution is 6.34. The first-order valence-corrected chi connectivity index (χ1v) is 22.0. The van der Waals surface area contributed by atoms with Crippen LogP contribution in [0, 0.1) is 0 Å². The minimum Gasteiger partial charge on any atom is -0.252 e. The standard InChI is InChI=1S/C62H38N2/c1-3-16-42(17-4-1)61-62(43-18-5-2-6-19-43)64-56(38-63-61)39-30-32-41(33-31-39)57-51-25-11-13-27-53(51)58(54-28-14-12-26-52(54)57)45-36-44-35-34-40-20-15-29-50-48-23-9-7-21-46(48)47-22-8-10-24-49(47)55(37-45)60(44)59(40)50/h1-38H. The van der Waals surface area contributed by atoms with E-state index in [1.54, 1.807) is 0 Å². The fourth-order valence-electron chi connectivity index (χ4n) is 10.4. The van der Waals surface area contributed by atoms with Crippen molar-refractivity contribution in [1.29, 1.82) is 0 Å². The Balaban J connectivity index is 1.02. The van der Waals surface area contributed by atoms with Gasteiger partial charge in [-0.2, -0.15) is 0 Å². The predicted octanol–water partition coefficient (Wildman–Crippen LogP) is 16.9. The summed E-state index contributed by atoms with van der Waals surface area (Å²) in [7, 11) is 0. The van der Waals surface area contributed by atoms with Crippen LogP contribution in [0.2, 0.25) is 0 Å². The van der Waals surface area contributed by atoms with Gasteiger partial charge in [-0.15, -0.1) is 0 Å². The van der Waals surface area contributed by atoms with Gasteiger partial charge in [0, 0.05) is 16.7 Å². The first-order chi connectivity index (χ1) is 31.8. The number of benzene rings is 11. The van der Waals surface area contributed by atoms with Crippen LogP contribution in [0.5, 0.6) is 0 Å². The van der Waals surface area contributed by atoms with Crippen LogP contribution in [0.25, 0.3) is 131 Å². The van der Waals surface area contributed by atoms with E-state index in [1.807, 2.05) is 30.5 Å². The quantitative estimate of drug-likeness (QED) is 0.128. The van der Waals surface area contributed by atoms with Crippen LogP contribution in [0.15, 0.2) is 231 Å². The van der Waals surface area contributed by atoms with E-state index in [-0.39, 0.29) is 0 Å². The summed E-state index contributed by atoms with van der Waals surface area (Å²) in [5.41, 5.74) is 10.5. The van der Waals surface area contributed by atoms with Crippen molar-refractivity contribution in [2.75, 3.05) is 0 Å². The first kappa shape index (κ1) is 36.2. The number of hydrogen-bond acceptors (Lipinski definition) is 2. The van der Waals surface area contributed by atoms with E-state index < -0.39 is 0 Å². The van der Waals surface area contributed by atoms with Crippen molar-refractivity contribution in [1.82, 2.24) is 9.97 Å². The number of hydrogen-bond donors (Lipinski definition) is 0. The van der Waals surface area contributed by atoms with Gasteiger partial charge in [0.15, 0.2) is 0 Å². The van der Waals surface area contributed by atoms with Gasteiger partial charge in [-0.3, -0.25) is 4.98 Å². The van der Waals surface area contributed by atoms with Gasteiger partial charge in [-0.1, -0.05) is 212 Å². The molecule has 2 heteroatoms. The van der Waals surface area contributed by atoms with Gasteiger partial charge in [0.2, 0.25) is 0 Å². The molecule has 0 bridgehead atoms. The van der Waals surface area contributed by atoms with E-state index in [9.17, 15) is 0 Å². The Hall–Kier alpha value is -8.46. The summed E-state index contributed by atoms with van der Waals surface area (Å²) >= 11 is 0. The Morgan fingerprint density at radius 2 is 0.688 bits per heavy atom. The minimum absolute atomic E-state index is 0.840. The second kappa shape index (κ2) is 14.6. The molecule has 0 unspecified atom stereocenters. The smallest absolute Gasteiger partial charge is 0.0972 e. The lowest BCUT2D eigenvalue weighted by Crippen LogP contribution is -1.96. The highest BCUT2D eigenvalue weighted by Crippen LogP contribution is 2.47. The molecule has 296 valence electrons. The summed E-state index contributed by atoms with van der Waals surface area (Å²) in [5, 5.41) is 17.6. The third-order valence-corrected chi connectivity index (χ3v) is 13.2. The molecule has 12 aromatic carbocycles. The maximum Gasteiger partial charge on any atom is 0.0972 e. The van der Waals surface area contributed by atoms with Gasteiger partial charge in [-0.25, -0.2) is 4.98 Å². The lowest BCUT2D eigenvalue weighted by molar-refractivity contribution is 1.21. The van der Waals surface area contributed by atoms with Gasteiger partial charge in [0.1, 0.15) is 0 Å². The molecule has 0 saturated heterocycles. The molecule has 0 fully saturated rings. The lowest BCUT2D eigenvalue weighted by Gasteiger charge is -2.19. The van der Waals surface area contributed by atoms with Gasteiger partial charge in [0.05, 0.1) is 23.3 Å². The van der Waals surface area contributed by atoms with Gasteiger partial charge in [-0.05, 0) is 110 Å². The lowest BCUT2D eigenvalue weighted by atomic mass is 9.84. The molecular weight excluding hydrogens is 773 g/mol. The molecule has 0 N–H and O–H groups in total. The largest absolute Gasteiger partial charge is 0.252 e. The number of aromatic nitrogens is 2. The fourth-order valence-corrected chi connectivity index (χ4v) is 10.4. The van der Waals surface area contributed by atoms with Crippen molar-refractivity contribution in [3.8, 4) is 56.0 Å². The van der Waals surface area contributed by atoms with E-state index in [0.717, 1.165) is 39.3 Å². The topological polar surface area (TPSA) is 25.8 Å². The van der Waals surface area contributed by atoms with Crippen molar-refractivity contribution < 1.29 is 0 Å². The zero-order chi connectivity index (χ0) is 42.1. The van der Waals surface area contributed by atoms with E-state index >= 15 is 0 Å². The summed E-state index contributed by atoms with van der Waals surface area (Å²) in [6, 6.07) is 81.7. The Kier molecular flexibility index (Phi) is 8.25. The van der Waals surface area contributed by atoms with Crippen molar-refractivity contribution in [2.45, 2.75) is 0 Å². The molecule has 0 aliphatic heterocycles. The summed E-state index contributed by atoms with van der Waals surface area (Å²) in [6.07, 6.45) is 1.91. The maximum atomic E-state index is 5.27. The molecule has 1 heterocycles. The molecule has 0 amide bonds. The number of nitrogens with zero attached hydrogens (tertiary/aromatic N) is 2. The average Bonchev–Trinajstić information content (AvgIpc) is 3.37. The monoisotopic (exact) mass is 810 g/mol. The molecule has 2 nitrogen and oxygen atoms in total. The molecule has 13 aromatic rings. The van der Waals surface area contributed by atoms with Crippen LogP contribution in [0.4, 0.5) is 0 Å². The minimum atomic E-state index is 0.840. The number of rotatable bonds is 5. The molecule has 13 rings (SSSR count). The van der Waals surface area contributed by atoms with Crippen molar-refractivity contribution in [2.24, 2.45) is 0 Å². The molecule has 0 radical (unpaired) electrons. The Bertz CT molecular complexity index is 3930. The van der Waals surface area contributed by atoms with E-state index in [4.69, 9.17) is 9.97 Å². The van der Waals surface area contributed by atoms with Gasteiger partial charge < -0.3 is 0 Å². The van der Waals surface area contributed by atoms with Crippen LogP contribution >= 0.6 is 0 Å². The summed E-state index contributed by atoms with van der Waals surface area (Å²) in [5.74, 6) is 0. The third-order valence-electron chi connectivity index (χ3n) is 13.2. The maximum absolute atomic E-state index is 5.27. The normalized spacial score (nSPS) is 11.8. The summed E-state index contributed by atoms with van der Waals surface area (Å²) in [6.45, 7) is 0. The molecule has 1 aromatic heterocycles. The van der Waals surface area contributed by atoms with E-state index in [2.05, 4.69) is 200 Å². The van der Waals surface area contributed by atoms with E-state index in [1.165, 1.54) is 92.1 Å². The van der Waals surface area contributed by atoms with Crippen molar-refractivity contribution >= 4 is 75.4 Å². The highest BCUT2D eigenvalue weighted by Gasteiger charge is 2.20. The van der Waals surface area contributed by atoms with Crippen LogP contribution < -0.4 is 0 Å². The Morgan fingerprint density at radius 3 is 1.28 bits per heavy atom. The van der Waals surface area contributed by atoms with Crippen LogP contribution in [0.3, 0.4) is 0 Å². The summed E-state index contributed by atoms with van der Waals surface area (Å²) < 4.78 is 0. The zero-order valence-electron chi connectivity index (χ0n) is 34.8. The van der Waals surface area contributed by atoms with Crippen molar-refractivity contribution in [3.63, 3.8) is 0 Å². The SMILES string of the molecule is c1ccc(-c2ncc(-c3ccc(-c4c5ccccc5c(-c5cc6ccc7cccc8c9ccccc9c9ccccc9c(c5)c6c78)c5ccccc45)cc3)nc2-c2ccccc2)cc1. The van der Waals surface area contributed by atoms with E-state index in [0.29, 0.717) is 0 Å².